The summed E-state index contributed by atoms with van der Waals surface area (Å²) in [6.07, 6.45) is 7.60. The third-order valence-electron chi connectivity index (χ3n) is 1.48. The molecule has 1 aliphatic carbocycles. The maximum Gasteiger partial charge on any atom is 0.0318 e. The summed E-state index contributed by atoms with van der Waals surface area (Å²) in [6.45, 7) is 4.22. The van der Waals surface area contributed by atoms with Crippen LogP contribution < -0.4 is 0 Å². The van der Waals surface area contributed by atoms with Gasteiger partial charge in [-0.1, -0.05) is 18.2 Å². The van der Waals surface area contributed by atoms with Crippen LogP contribution in [0.1, 0.15) is 20.3 Å². The molecule has 0 spiro atoms. The smallest absolute Gasteiger partial charge is 0.0318 e. The summed E-state index contributed by atoms with van der Waals surface area (Å²) in [5, 5.41) is 0. The van der Waals surface area contributed by atoms with Gasteiger partial charge in [-0.15, -0.1) is 0 Å². The molecule has 0 amide bonds. The molecule has 1 aliphatic rings. The van der Waals surface area contributed by atoms with Crippen molar-refractivity contribution in [2.24, 2.45) is 0 Å². The van der Waals surface area contributed by atoms with Crippen LogP contribution >= 0.6 is 12.6 Å². The van der Waals surface area contributed by atoms with Gasteiger partial charge in [0.1, 0.15) is 0 Å². The molecule has 0 aromatic heterocycles. The lowest BCUT2D eigenvalue weighted by Gasteiger charge is -2.16. The molecule has 0 fully saturated rings. The number of thiol groups is 1. The zero-order valence-electron chi connectivity index (χ0n) is 5.89. The Hall–Kier alpha value is -0.170. The lowest BCUT2D eigenvalue weighted by Crippen LogP contribution is -2.11. The fraction of sp³-hybridized carbons (Fsp3) is 0.500. The molecule has 0 aromatic carbocycles. The van der Waals surface area contributed by atoms with E-state index in [1.165, 1.54) is 5.57 Å². The summed E-state index contributed by atoms with van der Waals surface area (Å²) in [6, 6.07) is 0. The molecule has 50 valence electrons. The lowest BCUT2D eigenvalue weighted by molar-refractivity contribution is 0.867. The standard InChI is InChI=1S/C8H12S/c1-8(2,9)7-5-3-4-6-7/h3,5-6,9H,4H2,1-2H3. The van der Waals surface area contributed by atoms with Gasteiger partial charge < -0.3 is 0 Å². The second kappa shape index (κ2) is 2.22. The van der Waals surface area contributed by atoms with Crippen LogP contribution in [0.2, 0.25) is 0 Å². The highest BCUT2D eigenvalue weighted by Gasteiger charge is 2.16. The van der Waals surface area contributed by atoms with Gasteiger partial charge in [-0.05, 0) is 25.8 Å². The summed E-state index contributed by atoms with van der Waals surface area (Å²) in [5.74, 6) is 0. The molecule has 0 aliphatic heterocycles. The van der Waals surface area contributed by atoms with Crippen LogP contribution in [0.15, 0.2) is 23.8 Å². The highest BCUT2D eigenvalue weighted by Crippen LogP contribution is 2.27. The van der Waals surface area contributed by atoms with Crippen molar-refractivity contribution in [2.45, 2.75) is 25.0 Å². The fourth-order valence-electron chi connectivity index (χ4n) is 0.912. The molecular weight excluding hydrogens is 128 g/mol. The summed E-state index contributed by atoms with van der Waals surface area (Å²) in [4.78, 5) is 0. The fourth-order valence-corrected chi connectivity index (χ4v) is 1.08. The van der Waals surface area contributed by atoms with Gasteiger partial charge in [0.2, 0.25) is 0 Å². The minimum atomic E-state index is 0.0486. The Balaban J connectivity index is 2.73. The largest absolute Gasteiger partial charge is 0.168 e. The average molecular weight is 140 g/mol. The summed E-state index contributed by atoms with van der Waals surface area (Å²) >= 11 is 4.43. The Bertz CT molecular complexity index is 158. The molecule has 0 heterocycles. The third kappa shape index (κ3) is 1.62. The van der Waals surface area contributed by atoms with Gasteiger partial charge in [0.15, 0.2) is 0 Å². The van der Waals surface area contributed by atoms with E-state index in [9.17, 15) is 0 Å². The van der Waals surface area contributed by atoms with E-state index < -0.39 is 0 Å². The van der Waals surface area contributed by atoms with Crippen molar-refractivity contribution in [3.8, 4) is 0 Å². The van der Waals surface area contributed by atoms with E-state index in [1.807, 2.05) is 0 Å². The SMILES string of the molecule is CC(C)(S)C1=CCC=C1. The van der Waals surface area contributed by atoms with Crippen molar-refractivity contribution in [3.05, 3.63) is 23.8 Å². The summed E-state index contributed by atoms with van der Waals surface area (Å²) in [7, 11) is 0. The Morgan fingerprint density at radius 3 is 2.44 bits per heavy atom. The molecule has 0 bridgehead atoms. The van der Waals surface area contributed by atoms with Gasteiger partial charge in [0.05, 0.1) is 0 Å². The monoisotopic (exact) mass is 140 g/mol. The van der Waals surface area contributed by atoms with E-state index in [0.717, 1.165) is 6.42 Å². The third-order valence-corrected chi connectivity index (χ3v) is 1.74. The molecule has 0 atom stereocenters. The van der Waals surface area contributed by atoms with Crippen LogP contribution in [-0.4, -0.2) is 4.75 Å². The van der Waals surface area contributed by atoms with Crippen molar-refractivity contribution in [3.63, 3.8) is 0 Å². The van der Waals surface area contributed by atoms with Crippen LogP contribution in [0.3, 0.4) is 0 Å². The maximum atomic E-state index is 4.43. The van der Waals surface area contributed by atoms with Gasteiger partial charge in [-0.3, -0.25) is 0 Å². The molecule has 0 N–H and O–H groups in total. The van der Waals surface area contributed by atoms with Crippen LogP contribution in [0, 0.1) is 0 Å². The first-order valence-corrected chi connectivity index (χ1v) is 3.65. The molecular formula is C8H12S. The van der Waals surface area contributed by atoms with E-state index in [1.54, 1.807) is 0 Å². The highest BCUT2D eigenvalue weighted by molar-refractivity contribution is 7.82. The first-order chi connectivity index (χ1) is 4.11. The van der Waals surface area contributed by atoms with Crippen molar-refractivity contribution in [1.29, 1.82) is 0 Å². The van der Waals surface area contributed by atoms with Crippen molar-refractivity contribution in [1.82, 2.24) is 0 Å². The maximum absolute atomic E-state index is 4.43. The second-order valence-electron chi connectivity index (χ2n) is 2.86. The molecule has 9 heavy (non-hydrogen) atoms. The first kappa shape index (κ1) is 6.94. The van der Waals surface area contributed by atoms with Gasteiger partial charge in [-0.25, -0.2) is 0 Å². The second-order valence-corrected chi connectivity index (χ2v) is 3.97. The molecule has 0 aromatic rings. The average Bonchev–Trinajstić information content (AvgIpc) is 2.08. The van der Waals surface area contributed by atoms with Crippen LogP contribution in [0.25, 0.3) is 0 Å². The van der Waals surface area contributed by atoms with Gasteiger partial charge in [0.25, 0.3) is 0 Å². The number of hydrogen-bond donors (Lipinski definition) is 1. The quantitative estimate of drug-likeness (QED) is 0.532. The Labute approximate surface area is 62.1 Å². The normalized spacial score (nSPS) is 18.3. The molecule has 0 saturated heterocycles. The molecule has 0 unspecified atom stereocenters. The van der Waals surface area contributed by atoms with Gasteiger partial charge in [0, 0.05) is 4.75 Å². The van der Waals surface area contributed by atoms with E-state index >= 15 is 0 Å². The van der Waals surface area contributed by atoms with Gasteiger partial charge >= 0.3 is 0 Å². The minimum Gasteiger partial charge on any atom is -0.168 e. The molecule has 0 nitrogen and oxygen atoms in total. The Morgan fingerprint density at radius 2 is 2.22 bits per heavy atom. The minimum absolute atomic E-state index is 0.0486. The predicted octanol–water partition coefficient (Wildman–Crippen LogP) is 2.58. The number of allylic oxidation sites excluding steroid dienone is 3. The number of rotatable bonds is 1. The first-order valence-electron chi connectivity index (χ1n) is 3.20. The molecule has 1 rings (SSSR count). The lowest BCUT2D eigenvalue weighted by atomic mass is 10.0. The predicted molar refractivity (Wildman–Crippen MR) is 44.9 cm³/mol. The van der Waals surface area contributed by atoms with E-state index in [4.69, 9.17) is 0 Å². The summed E-state index contributed by atoms with van der Waals surface area (Å²) < 4.78 is 0.0486. The summed E-state index contributed by atoms with van der Waals surface area (Å²) in [5.41, 5.74) is 1.34. The molecule has 0 saturated carbocycles. The Morgan fingerprint density at radius 1 is 1.56 bits per heavy atom. The van der Waals surface area contributed by atoms with Crippen LogP contribution in [-0.2, 0) is 0 Å². The highest BCUT2D eigenvalue weighted by atomic mass is 32.1. The van der Waals surface area contributed by atoms with E-state index in [0.29, 0.717) is 0 Å². The number of hydrogen-bond acceptors (Lipinski definition) is 1. The zero-order valence-corrected chi connectivity index (χ0v) is 6.78. The van der Waals surface area contributed by atoms with Crippen molar-refractivity contribution in [2.75, 3.05) is 0 Å². The Kier molecular flexibility index (Phi) is 1.71. The van der Waals surface area contributed by atoms with E-state index in [-0.39, 0.29) is 4.75 Å². The van der Waals surface area contributed by atoms with Crippen molar-refractivity contribution < 1.29 is 0 Å². The van der Waals surface area contributed by atoms with Crippen molar-refractivity contribution >= 4 is 12.6 Å². The van der Waals surface area contributed by atoms with E-state index in [2.05, 4.69) is 44.7 Å². The zero-order chi connectivity index (χ0) is 6.91. The van der Waals surface area contributed by atoms with Crippen LogP contribution in [0.5, 0.6) is 0 Å². The topological polar surface area (TPSA) is 0 Å². The molecule has 0 radical (unpaired) electrons. The molecule has 1 heteroatoms. The van der Waals surface area contributed by atoms with Crippen LogP contribution in [0.4, 0.5) is 0 Å². The van der Waals surface area contributed by atoms with Gasteiger partial charge in [-0.2, -0.15) is 12.6 Å².